The Hall–Kier alpha value is -1.95. The maximum Gasteiger partial charge on any atom is 0.0718 e. The summed E-state index contributed by atoms with van der Waals surface area (Å²) in [7, 11) is 0. The summed E-state index contributed by atoms with van der Waals surface area (Å²) in [6.07, 6.45) is 0. The van der Waals surface area contributed by atoms with Gasteiger partial charge in [0.1, 0.15) is 0 Å². The van der Waals surface area contributed by atoms with Crippen molar-refractivity contribution in [2.24, 2.45) is 5.11 Å². The first kappa shape index (κ1) is 42.1. The minimum Gasteiger partial charge on any atom is -0.379 e. The van der Waals surface area contributed by atoms with E-state index in [0.29, 0.717) is 165 Å². The molecule has 0 amide bonds. The average Bonchev–Trinajstić information content (AvgIpc) is 3.08. The smallest absolute Gasteiger partial charge is 0.0718 e. The fraction of sp³-hybridized carbons (Fsp3) is 0.806. The molecule has 0 saturated carbocycles. The third kappa shape index (κ3) is 33.4. The second-order valence-corrected chi connectivity index (χ2v) is 9.23. The Labute approximate surface area is 273 Å². The van der Waals surface area contributed by atoms with Gasteiger partial charge in [0.05, 0.1) is 159 Å². The van der Waals surface area contributed by atoms with Gasteiger partial charge in [0.25, 0.3) is 0 Å². The standard InChI is InChI=1S/C31H55N3O12/c32-34-33-6-7-35-8-9-36-10-11-37-12-13-38-14-15-39-16-17-40-18-19-41-20-21-42-22-23-43-24-25-44-26-27-45-28-29-46-30-31-4-2-1-3-5-31/h1-5H,6-30H2. The van der Waals surface area contributed by atoms with E-state index < -0.39 is 0 Å². The summed E-state index contributed by atoms with van der Waals surface area (Å²) in [5.41, 5.74) is 9.29. The zero-order valence-corrected chi connectivity index (χ0v) is 27.3. The van der Waals surface area contributed by atoms with Crippen LogP contribution < -0.4 is 0 Å². The van der Waals surface area contributed by atoms with Crippen molar-refractivity contribution in [3.8, 4) is 0 Å². The number of rotatable bonds is 38. The minimum atomic E-state index is 0.328. The van der Waals surface area contributed by atoms with Gasteiger partial charge in [-0.2, -0.15) is 0 Å². The van der Waals surface area contributed by atoms with Gasteiger partial charge in [0, 0.05) is 11.5 Å². The number of nitrogens with zero attached hydrogens (tertiary/aromatic N) is 3. The Morgan fingerprint density at radius 1 is 0.370 bits per heavy atom. The van der Waals surface area contributed by atoms with E-state index >= 15 is 0 Å². The van der Waals surface area contributed by atoms with Crippen LogP contribution in [0.3, 0.4) is 0 Å². The van der Waals surface area contributed by atoms with Crippen LogP contribution in [-0.2, 0) is 63.4 Å². The summed E-state index contributed by atoms with van der Waals surface area (Å²) in [5, 5.41) is 3.37. The summed E-state index contributed by atoms with van der Waals surface area (Å²) in [6.45, 7) is 12.4. The number of ether oxygens (including phenoxy) is 12. The highest BCUT2D eigenvalue weighted by atomic mass is 16.6. The van der Waals surface area contributed by atoms with Crippen molar-refractivity contribution in [1.82, 2.24) is 0 Å². The quantitative estimate of drug-likeness (QED) is 0.0442. The Morgan fingerprint density at radius 2 is 0.630 bits per heavy atom. The van der Waals surface area contributed by atoms with Crippen molar-refractivity contribution in [3.63, 3.8) is 0 Å². The maximum atomic E-state index is 8.14. The van der Waals surface area contributed by atoms with E-state index in [0.717, 1.165) is 5.56 Å². The Morgan fingerprint density at radius 3 is 0.913 bits per heavy atom. The van der Waals surface area contributed by atoms with Gasteiger partial charge in [0.2, 0.25) is 0 Å². The van der Waals surface area contributed by atoms with Gasteiger partial charge in [-0.05, 0) is 11.1 Å². The first-order valence-electron chi connectivity index (χ1n) is 15.9. The summed E-state index contributed by atoms with van der Waals surface area (Å²) in [6, 6.07) is 10.1. The predicted octanol–water partition coefficient (Wildman–Crippen LogP) is 2.70. The van der Waals surface area contributed by atoms with Crippen LogP contribution in [0.25, 0.3) is 10.4 Å². The summed E-state index contributed by atoms with van der Waals surface area (Å²) in [5.74, 6) is 0. The zero-order chi connectivity index (χ0) is 32.7. The second kappa shape index (κ2) is 37.5. The van der Waals surface area contributed by atoms with E-state index in [1.165, 1.54) is 0 Å². The van der Waals surface area contributed by atoms with Gasteiger partial charge in [-0.3, -0.25) is 0 Å². The molecule has 0 saturated heterocycles. The van der Waals surface area contributed by atoms with Crippen LogP contribution in [0.1, 0.15) is 5.56 Å². The number of azide groups is 1. The van der Waals surface area contributed by atoms with Crippen LogP contribution in [0.4, 0.5) is 0 Å². The summed E-state index contributed by atoms with van der Waals surface area (Å²) < 4.78 is 65.3. The van der Waals surface area contributed by atoms with Gasteiger partial charge in [-0.1, -0.05) is 35.4 Å². The fourth-order valence-corrected chi connectivity index (χ4v) is 3.33. The van der Waals surface area contributed by atoms with Crippen molar-refractivity contribution in [1.29, 1.82) is 0 Å². The molecule has 0 unspecified atom stereocenters. The highest BCUT2D eigenvalue weighted by molar-refractivity contribution is 5.13. The van der Waals surface area contributed by atoms with Crippen molar-refractivity contribution in [2.75, 3.05) is 159 Å². The average molecular weight is 662 g/mol. The molecule has 0 heterocycles. The molecule has 46 heavy (non-hydrogen) atoms. The molecule has 0 aliphatic heterocycles. The van der Waals surface area contributed by atoms with E-state index in [4.69, 9.17) is 62.4 Å². The van der Waals surface area contributed by atoms with Gasteiger partial charge < -0.3 is 56.8 Å². The molecule has 1 rings (SSSR count). The Bertz CT molecular complexity index is 778. The van der Waals surface area contributed by atoms with Crippen LogP contribution in [0.15, 0.2) is 35.4 Å². The molecule has 0 bridgehead atoms. The van der Waals surface area contributed by atoms with Crippen molar-refractivity contribution in [3.05, 3.63) is 46.3 Å². The first-order chi connectivity index (χ1) is 22.9. The predicted molar refractivity (Wildman–Crippen MR) is 169 cm³/mol. The molecular weight excluding hydrogens is 606 g/mol. The Balaban J connectivity index is 1.61. The van der Waals surface area contributed by atoms with E-state index in [-0.39, 0.29) is 0 Å². The van der Waals surface area contributed by atoms with Crippen LogP contribution >= 0.6 is 0 Å². The van der Waals surface area contributed by atoms with E-state index in [1.54, 1.807) is 0 Å². The van der Waals surface area contributed by atoms with E-state index in [1.807, 2.05) is 30.3 Å². The highest BCUT2D eigenvalue weighted by Crippen LogP contribution is 2.00. The largest absolute Gasteiger partial charge is 0.379 e. The Kier molecular flexibility index (Phi) is 34.3. The van der Waals surface area contributed by atoms with Gasteiger partial charge >= 0.3 is 0 Å². The lowest BCUT2D eigenvalue weighted by molar-refractivity contribution is -0.0284. The molecule has 0 fully saturated rings. The van der Waals surface area contributed by atoms with E-state index in [2.05, 4.69) is 10.0 Å². The molecule has 1 aromatic rings. The lowest BCUT2D eigenvalue weighted by Gasteiger charge is -2.09. The normalized spacial score (nSPS) is 11.2. The molecular formula is C31H55N3O12. The SMILES string of the molecule is [N-]=[N+]=NCCOCCOCCOCCOCCOCCOCCOCCOCCOCCOCCOCCOCc1ccccc1. The van der Waals surface area contributed by atoms with Crippen molar-refractivity contribution in [2.45, 2.75) is 6.61 Å². The molecule has 0 aromatic heterocycles. The molecule has 15 nitrogen and oxygen atoms in total. The monoisotopic (exact) mass is 661 g/mol. The van der Waals surface area contributed by atoms with Crippen LogP contribution in [0, 0.1) is 0 Å². The number of hydrogen-bond acceptors (Lipinski definition) is 13. The molecule has 0 spiro atoms. The second-order valence-electron chi connectivity index (χ2n) is 9.23. The first-order valence-corrected chi connectivity index (χ1v) is 15.9. The molecule has 15 heteroatoms. The van der Waals surface area contributed by atoms with E-state index in [9.17, 15) is 0 Å². The molecule has 0 atom stereocenters. The lowest BCUT2D eigenvalue weighted by Crippen LogP contribution is -2.15. The van der Waals surface area contributed by atoms with Crippen LogP contribution in [-0.4, -0.2) is 159 Å². The molecule has 0 radical (unpaired) electrons. The number of hydrogen-bond donors (Lipinski definition) is 0. The van der Waals surface area contributed by atoms with Crippen molar-refractivity contribution < 1.29 is 56.8 Å². The van der Waals surface area contributed by atoms with Crippen molar-refractivity contribution >= 4 is 0 Å². The van der Waals surface area contributed by atoms with Crippen LogP contribution in [0.2, 0.25) is 0 Å². The van der Waals surface area contributed by atoms with Gasteiger partial charge in [-0.25, -0.2) is 0 Å². The highest BCUT2D eigenvalue weighted by Gasteiger charge is 1.97. The molecule has 0 aliphatic rings. The molecule has 0 aliphatic carbocycles. The summed E-state index contributed by atoms with van der Waals surface area (Å²) >= 11 is 0. The molecule has 266 valence electrons. The molecule has 0 N–H and O–H groups in total. The third-order valence-electron chi connectivity index (χ3n) is 5.60. The fourth-order valence-electron chi connectivity index (χ4n) is 3.33. The van der Waals surface area contributed by atoms with Gasteiger partial charge in [0.15, 0.2) is 0 Å². The molecule has 1 aromatic carbocycles. The minimum absolute atomic E-state index is 0.328. The summed E-state index contributed by atoms with van der Waals surface area (Å²) in [4.78, 5) is 2.64. The lowest BCUT2D eigenvalue weighted by atomic mass is 10.2. The van der Waals surface area contributed by atoms with Gasteiger partial charge in [-0.15, -0.1) is 0 Å². The number of benzene rings is 1. The maximum absolute atomic E-state index is 8.14. The third-order valence-corrected chi connectivity index (χ3v) is 5.60. The topological polar surface area (TPSA) is 160 Å². The zero-order valence-electron chi connectivity index (χ0n) is 27.3. The van der Waals surface area contributed by atoms with Crippen LogP contribution in [0.5, 0.6) is 0 Å².